The Balaban J connectivity index is 1.69. The highest BCUT2D eigenvalue weighted by molar-refractivity contribution is 5.89. The van der Waals surface area contributed by atoms with Gasteiger partial charge in [-0.05, 0) is 71.8 Å². The van der Waals surface area contributed by atoms with Gasteiger partial charge in [0, 0.05) is 12.3 Å². The molecule has 3 aromatic rings. The molecule has 3 aromatic carbocycles. The van der Waals surface area contributed by atoms with Crippen LogP contribution in [0.3, 0.4) is 0 Å². The van der Waals surface area contributed by atoms with Crippen molar-refractivity contribution < 1.29 is 24.1 Å². The maximum absolute atomic E-state index is 12.2. The lowest BCUT2D eigenvalue weighted by atomic mass is 10.2. The maximum Gasteiger partial charge on any atom is 0.336 e. The zero-order chi connectivity index (χ0) is 21.3. The van der Waals surface area contributed by atoms with Gasteiger partial charge >= 0.3 is 5.97 Å². The third-order valence-corrected chi connectivity index (χ3v) is 4.12. The number of rotatable bonds is 7. The van der Waals surface area contributed by atoms with Gasteiger partial charge in [-0.25, -0.2) is 4.79 Å². The van der Waals surface area contributed by atoms with Gasteiger partial charge in [-0.15, -0.1) is 0 Å². The van der Waals surface area contributed by atoms with Crippen molar-refractivity contribution in [2.45, 2.75) is 0 Å². The lowest BCUT2D eigenvalue weighted by Crippen LogP contribution is -2.05. The van der Waals surface area contributed by atoms with Crippen LogP contribution in [-0.2, 0) is 4.79 Å². The molecule has 6 heteroatoms. The zero-order valence-electron chi connectivity index (χ0n) is 16.6. The van der Waals surface area contributed by atoms with E-state index in [-0.39, 0.29) is 5.75 Å². The number of aliphatic imine (C=N–C) groups is 1. The van der Waals surface area contributed by atoms with Crippen LogP contribution < -0.4 is 14.2 Å². The van der Waals surface area contributed by atoms with Crippen molar-refractivity contribution in [2.75, 3.05) is 14.2 Å². The molecule has 0 saturated heterocycles. The van der Waals surface area contributed by atoms with Crippen LogP contribution in [0.15, 0.2) is 77.8 Å². The van der Waals surface area contributed by atoms with Gasteiger partial charge < -0.3 is 19.3 Å². The number of phenols is 1. The lowest BCUT2D eigenvalue weighted by Gasteiger charge is -2.08. The molecular weight excluding hydrogens is 382 g/mol. The second kappa shape index (κ2) is 9.93. The SMILES string of the molecule is COc1cccc(C=CC(=O)Oc2ccc(/C=N/c3ccc(O)cc3)cc2OC)c1. The number of ether oxygens (including phenoxy) is 3. The Morgan fingerprint density at radius 1 is 0.900 bits per heavy atom. The first-order chi connectivity index (χ1) is 14.6. The first-order valence-electron chi connectivity index (χ1n) is 9.12. The van der Waals surface area contributed by atoms with E-state index < -0.39 is 5.97 Å². The van der Waals surface area contributed by atoms with Gasteiger partial charge in [0.25, 0.3) is 0 Å². The number of carbonyl (C=O) groups is 1. The standard InChI is InChI=1S/C24H21NO5/c1-28-21-5-3-4-17(14-21)7-13-24(27)30-22-12-6-18(15-23(22)29-2)16-25-19-8-10-20(26)11-9-19/h3-16,26H,1-2H3/b13-7?,25-16+. The molecule has 0 heterocycles. The number of hydrogen-bond donors (Lipinski definition) is 1. The van der Waals surface area contributed by atoms with E-state index in [9.17, 15) is 9.90 Å². The number of nitrogens with zero attached hydrogens (tertiary/aromatic N) is 1. The summed E-state index contributed by atoms with van der Waals surface area (Å²) in [6, 6.07) is 19.0. The topological polar surface area (TPSA) is 77.4 Å². The number of hydrogen-bond acceptors (Lipinski definition) is 6. The van der Waals surface area contributed by atoms with E-state index >= 15 is 0 Å². The van der Waals surface area contributed by atoms with Crippen molar-refractivity contribution in [1.29, 1.82) is 0 Å². The smallest absolute Gasteiger partial charge is 0.336 e. The second-order valence-corrected chi connectivity index (χ2v) is 6.22. The Labute approximate surface area is 174 Å². The summed E-state index contributed by atoms with van der Waals surface area (Å²) in [4.78, 5) is 16.5. The number of benzene rings is 3. The summed E-state index contributed by atoms with van der Waals surface area (Å²) >= 11 is 0. The molecule has 0 amide bonds. The van der Waals surface area contributed by atoms with Crippen LogP contribution in [0.4, 0.5) is 5.69 Å². The summed E-state index contributed by atoms with van der Waals surface area (Å²) in [5.74, 6) is 1.08. The molecule has 0 unspecified atom stereocenters. The molecule has 6 nitrogen and oxygen atoms in total. The normalized spacial score (nSPS) is 11.0. The molecular formula is C24H21NO5. The van der Waals surface area contributed by atoms with Gasteiger partial charge in [0.15, 0.2) is 11.5 Å². The summed E-state index contributed by atoms with van der Waals surface area (Å²) < 4.78 is 15.9. The monoisotopic (exact) mass is 403 g/mol. The molecule has 0 aliphatic carbocycles. The fourth-order valence-corrected chi connectivity index (χ4v) is 2.59. The average molecular weight is 403 g/mol. The van der Waals surface area contributed by atoms with Crippen LogP contribution in [0.1, 0.15) is 11.1 Å². The molecule has 0 fully saturated rings. The first-order valence-corrected chi connectivity index (χ1v) is 9.12. The van der Waals surface area contributed by atoms with Crippen molar-refractivity contribution in [3.8, 4) is 23.0 Å². The van der Waals surface area contributed by atoms with Gasteiger partial charge in [0.1, 0.15) is 11.5 Å². The summed E-state index contributed by atoms with van der Waals surface area (Å²) in [6.45, 7) is 0. The minimum atomic E-state index is -0.526. The predicted octanol–water partition coefficient (Wildman–Crippen LogP) is 4.78. The first kappa shape index (κ1) is 20.7. The Morgan fingerprint density at radius 2 is 1.70 bits per heavy atom. The molecule has 152 valence electrons. The molecule has 0 radical (unpaired) electrons. The van der Waals surface area contributed by atoms with Gasteiger partial charge in [0.05, 0.1) is 19.9 Å². The van der Waals surface area contributed by atoms with E-state index in [2.05, 4.69) is 4.99 Å². The number of phenolic OH excluding ortho intramolecular Hbond substituents is 1. The number of esters is 1. The van der Waals surface area contributed by atoms with Crippen LogP contribution in [0.2, 0.25) is 0 Å². The van der Waals surface area contributed by atoms with Gasteiger partial charge in [0.2, 0.25) is 0 Å². The van der Waals surface area contributed by atoms with E-state index in [1.54, 1.807) is 61.9 Å². The Morgan fingerprint density at radius 3 is 2.43 bits per heavy atom. The molecule has 0 atom stereocenters. The largest absolute Gasteiger partial charge is 0.508 e. The quantitative estimate of drug-likeness (QED) is 0.266. The number of aromatic hydroxyl groups is 1. The summed E-state index contributed by atoms with van der Waals surface area (Å²) in [5.41, 5.74) is 2.29. The van der Waals surface area contributed by atoms with Crippen LogP contribution >= 0.6 is 0 Å². The van der Waals surface area contributed by atoms with Crippen LogP contribution in [0, 0.1) is 0 Å². The van der Waals surface area contributed by atoms with Crippen molar-refractivity contribution >= 4 is 23.9 Å². The highest BCUT2D eigenvalue weighted by Gasteiger charge is 2.09. The minimum absolute atomic E-state index is 0.183. The van der Waals surface area contributed by atoms with Crippen LogP contribution in [0.25, 0.3) is 6.08 Å². The predicted molar refractivity (Wildman–Crippen MR) is 116 cm³/mol. The van der Waals surface area contributed by atoms with Gasteiger partial charge in [-0.1, -0.05) is 12.1 Å². The zero-order valence-corrected chi connectivity index (χ0v) is 16.6. The van der Waals surface area contributed by atoms with Crippen LogP contribution in [0.5, 0.6) is 23.0 Å². The van der Waals surface area contributed by atoms with E-state index in [1.165, 1.54) is 13.2 Å². The third kappa shape index (κ3) is 5.72. The molecule has 0 aromatic heterocycles. The molecule has 0 aliphatic heterocycles. The Kier molecular flexibility index (Phi) is 6.84. The molecule has 1 N–H and O–H groups in total. The number of carbonyl (C=O) groups excluding carboxylic acids is 1. The number of methoxy groups -OCH3 is 2. The Hall–Kier alpha value is -4.06. The van der Waals surface area contributed by atoms with Crippen molar-refractivity contribution in [3.05, 3.63) is 83.9 Å². The minimum Gasteiger partial charge on any atom is -0.508 e. The van der Waals surface area contributed by atoms with E-state index in [0.717, 1.165) is 11.1 Å². The molecule has 0 aliphatic rings. The van der Waals surface area contributed by atoms with E-state index in [0.29, 0.717) is 22.9 Å². The molecule has 0 spiro atoms. The highest BCUT2D eigenvalue weighted by Crippen LogP contribution is 2.28. The Bertz CT molecular complexity index is 1070. The fourth-order valence-electron chi connectivity index (χ4n) is 2.59. The fraction of sp³-hybridized carbons (Fsp3) is 0.0833. The molecule has 30 heavy (non-hydrogen) atoms. The van der Waals surface area contributed by atoms with Crippen LogP contribution in [-0.4, -0.2) is 31.5 Å². The maximum atomic E-state index is 12.2. The summed E-state index contributed by atoms with van der Waals surface area (Å²) in [5, 5.41) is 9.32. The highest BCUT2D eigenvalue weighted by atomic mass is 16.6. The lowest BCUT2D eigenvalue weighted by molar-refractivity contribution is -0.129. The molecule has 0 saturated carbocycles. The average Bonchev–Trinajstić information content (AvgIpc) is 2.78. The second-order valence-electron chi connectivity index (χ2n) is 6.22. The summed E-state index contributed by atoms with van der Waals surface area (Å²) in [6.07, 6.45) is 4.65. The van der Waals surface area contributed by atoms with Gasteiger partial charge in [-0.2, -0.15) is 0 Å². The van der Waals surface area contributed by atoms with Gasteiger partial charge in [-0.3, -0.25) is 4.99 Å². The van der Waals surface area contributed by atoms with Crippen molar-refractivity contribution in [3.63, 3.8) is 0 Å². The van der Waals surface area contributed by atoms with Crippen molar-refractivity contribution in [2.24, 2.45) is 4.99 Å². The van der Waals surface area contributed by atoms with E-state index in [4.69, 9.17) is 14.2 Å². The van der Waals surface area contributed by atoms with E-state index in [1.807, 2.05) is 24.3 Å². The molecule has 0 bridgehead atoms. The summed E-state index contributed by atoms with van der Waals surface area (Å²) in [7, 11) is 3.09. The third-order valence-electron chi connectivity index (χ3n) is 4.12. The van der Waals surface area contributed by atoms with Crippen molar-refractivity contribution in [1.82, 2.24) is 0 Å². The molecule has 3 rings (SSSR count).